The topological polar surface area (TPSA) is 64.1 Å². The Morgan fingerprint density at radius 1 is 1.60 bits per heavy atom. The van der Waals surface area contributed by atoms with Gasteiger partial charge in [-0.2, -0.15) is 0 Å². The van der Waals surface area contributed by atoms with E-state index in [4.69, 9.17) is 11.5 Å². The molecule has 0 amide bonds. The predicted octanol–water partition coefficient (Wildman–Crippen LogP) is -0.913. The van der Waals surface area contributed by atoms with Gasteiger partial charge >= 0.3 is 0 Å². The molecule has 0 spiro atoms. The van der Waals surface area contributed by atoms with Crippen molar-refractivity contribution >= 4 is 16.1 Å². The molecule has 0 unspecified atom stereocenters. The molecular formula is CH6BrN3. The molecule has 5 heavy (non-hydrogen) atoms. The van der Waals surface area contributed by atoms with Crippen molar-refractivity contribution in [3.05, 3.63) is 0 Å². The highest BCUT2D eigenvalue weighted by molar-refractivity contribution is 9.08. The number of nitrogens with one attached hydrogen (secondary N) is 1. The highest BCUT2D eigenvalue weighted by Gasteiger charge is 1.78. The fourth-order valence-electron chi connectivity index (χ4n) is 0. The number of halogens is 1. The number of hydrogen-bond donors (Lipinski definition) is 3. The molecule has 0 saturated heterocycles. The lowest BCUT2D eigenvalue weighted by Gasteiger charge is -1.94. The molecule has 3 nitrogen and oxygen atoms in total. The summed E-state index contributed by atoms with van der Waals surface area (Å²) in [6.45, 7) is 0. The van der Waals surface area contributed by atoms with E-state index >= 15 is 0 Å². The van der Waals surface area contributed by atoms with Crippen LogP contribution >= 0.6 is 16.1 Å². The van der Waals surface area contributed by atoms with Crippen molar-refractivity contribution in [1.82, 2.24) is 4.34 Å². The Labute approximate surface area is 39.0 Å². The molecule has 0 aliphatic heterocycles. The average Bonchev–Trinajstić information content (AvgIpc) is 1.38. The van der Waals surface area contributed by atoms with Gasteiger partial charge in [0, 0.05) is 16.1 Å². The lowest BCUT2D eigenvalue weighted by molar-refractivity contribution is 0.706. The zero-order valence-corrected chi connectivity index (χ0v) is 4.20. The van der Waals surface area contributed by atoms with Crippen molar-refractivity contribution < 1.29 is 0 Å². The Hall–Kier alpha value is 0.360. The van der Waals surface area contributed by atoms with Crippen LogP contribution in [0.5, 0.6) is 0 Å². The summed E-state index contributed by atoms with van der Waals surface area (Å²) in [5, 5.41) is 0. The van der Waals surface area contributed by atoms with Crippen LogP contribution < -0.4 is 15.8 Å². The van der Waals surface area contributed by atoms with Gasteiger partial charge < -0.3 is 11.5 Å². The van der Waals surface area contributed by atoms with Crippen molar-refractivity contribution in [3.8, 4) is 0 Å². The fourth-order valence-corrected chi connectivity index (χ4v) is 0. The summed E-state index contributed by atoms with van der Waals surface area (Å²) >= 11 is 2.81. The lowest BCUT2D eigenvalue weighted by atomic mass is 11.0. The van der Waals surface area contributed by atoms with Crippen molar-refractivity contribution in [2.24, 2.45) is 11.5 Å². The highest BCUT2D eigenvalue weighted by Crippen LogP contribution is 1.60. The first kappa shape index (κ1) is 5.36. The number of rotatable bonds is 1. The third kappa shape index (κ3) is 4.36. The molecule has 0 aliphatic rings. The SMILES string of the molecule is NC(N)NBr. The van der Waals surface area contributed by atoms with Gasteiger partial charge in [-0.3, -0.25) is 0 Å². The van der Waals surface area contributed by atoms with Crippen LogP contribution in [0, 0.1) is 0 Å². The summed E-state index contributed by atoms with van der Waals surface area (Å²) in [5.74, 6) is 0. The van der Waals surface area contributed by atoms with E-state index in [1.54, 1.807) is 0 Å². The lowest BCUT2D eigenvalue weighted by Crippen LogP contribution is -2.39. The van der Waals surface area contributed by atoms with Gasteiger partial charge in [0.25, 0.3) is 0 Å². The van der Waals surface area contributed by atoms with Crippen molar-refractivity contribution in [2.75, 3.05) is 0 Å². The third-order valence-electron chi connectivity index (χ3n) is 0.126. The van der Waals surface area contributed by atoms with Gasteiger partial charge in [0.2, 0.25) is 0 Å². The summed E-state index contributed by atoms with van der Waals surface area (Å²) in [4.78, 5) is 0. The Kier molecular flexibility index (Phi) is 2.78. The van der Waals surface area contributed by atoms with E-state index in [0.717, 1.165) is 0 Å². The zero-order valence-electron chi connectivity index (χ0n) is 2.61. The quantitative estimate of drug-likeness (QED) is 0.326. The van der Waals surface area contributed by atoms with Gasteiger partial charge in [-0.1, -0.05) is 0 Å². The molecule has 32 valence electrons. The second-order valence-electron chi connectivity index (χ2n) is 0.635. The van der Waals surface area contributed by atoms with E-state index in [1.165, 1.54) is 0 Å². The molecule has 5 N–H and O–H groups in total. The molecule has 0 fully saturated rings. The molecule has 0 radical (unpaired) electrons. The van der Waals surface area contributed by atoms with Crippen LogP contribution in [0.15, 0.2) is 0 Å². The van der Waals surface area contributed by atoms with Crippen LogP contribution in [0.2, 0.25) is 0 Å². The maximum absolute atomic E-state index is 4.91. The van der Waals surface area contributed by atoms with Crippen molar-refractivity contribution in [2.45, 2.75) is 6.29 Å². The van der Waals surface area contributed by atoms with Gasteiger partial charge in [-0.05, 0) is 0 Å². The van der Waals surface area contributed by atoms with Gasteiger partial charge in [-0.25, -0.2) is 4.34 Å². The maximum atomic E-state index is 4.91. The Bertz CT molecular complexity index is 20.9. The van der Waals surface area contributed by atoms with Crippen LogP contribution in [0.1, 0.15) is 0 Å². The second kappa shape index (κ2) is 2.59. The van der Waals surface area contributed by atoms with Crippen molar-refractivity contribution in [1.29, 1.82) is 0 Å². The Balaban J connectivity index is 2.54. The summed E-state index contributed by atoms with van der Waals surface area (Å²) in [7, 11) is 0. The summed E-state index contributed by atoms with van der Waals surface area (Å²) in [5.41, 5.74) is 9.82. The summed E-state index contributed by atoms with van der Waals surface area (Å²) in [6.07, 6.45) is -0.449. The minimum absolute atomic E-state index is 0.449. The first-order valence-corrected chi connectivity index (χ1v) is 1.94. The molecule has 0 aromatic heterocycles. The summed E-state index contributed by atoms with van der Waals surface area (Å²) < 4.78 is 2.40. The second-order valence-corrected chi connectivity index (χ2v) is 1.09. The van der Waals surface area contributed by atoms with E-state index in [-0.39, 0.29) is 0 Å². The van der Waals surface area contributed by atoms with Crippen LogP contribution in [0.3, 0.4) is 0 Å². The predicted molar refractivity (Wildman–Crippen MR) is 24.2 cm³/mol. The van der Waals surface area contributed by atoms with Gasteiger partial charge in [-0.15, -0.1) is 0 Å². The van der Waals surface area contributed by atoms with Crippen LogP contribution in [0.25, 0.3) is 0 Å². The monoisotopic (exact) mass is 139 g/mol. The smallest absolute Gasteiger partial charge is 0.116 e. The maximum Gasteiger partial charge on any atom is 0.116 e. The van der Waals surface area contributed by atoms with Crippen LogP contribution in [0.4, 0.5) is 0 Å². The number of hydrogen-bond acceptors (Lipinski definition) is 3. The zero-order chi connectivity index (χ0) is 4.28. The fraction of sp³-hybridized carbons (Fsp3) is 1.00. The molecule has 0 atom stereocenters. The molecule has 0 rings (SSSR count). The molecule has 0 bridgehead atoms. The average molecular weight is 140 g/mol. The number of nitrogens with two attached hydrogens (primary N) is 2. The normalized spacial score (nSPS) is 9.60. The van der Waals surface area contributed by atoms with Crippen LogP contribution in [-0.2, 0) is 0 Å². The van der Waals surface area contributed by atoms with E-state index in [1.807, 2.05) is 0 Å². The Morgan fingerprint density at radius 3 is 1.80 bits per heavy atom. The molecule has 0 aliphatic carbocycles. The first-order valence-electron chi connectivity index (χ1n) is 1.14. The van der Waals surface area contributed by atoms with Crippen molar-refractivity contribution in [3.63, 3.8) is 0 Å². The molecule has 0 aromatic rings. The molecule has 0 saturated carbocycles. The highest BCUT2D eigenvalue weighted by atomic mass is 79.9. The van der Waals surface area contributed by atoms with Gasteiger partial charge in [0.15, 0.2) is 0 Å². The van der Waals surface area contributed by atoms with Gasteiger partial charge in [0.05, 0.1) is 0 Å². The van der Waals surface area contributed by atoms with E-state index in [0.29, 0.717) is 0 Å². The minimum Gasteiger partial charge on any atom is -0.303 e. The van der Waals surface area contributed by atoms with Gasteiger partial charge in [0.1, 0.15) is 6.29 Å². The first-order chi connectivity index (χ1) is 2.27. The molecule has 4 heteroatoms. The molecule has 0 heterocycles. The molecule has 0 aromatic carbocycles. The van der Waals surface area contributed by atoms with E-state index < -0.39 is 6.29 Å². The minimum atomic E-state index is -0.449. The molecular weight excluding hydrogens is 134 g/mol. The van der Waals surface area contributed by atoms with Crippen LogP contribution in [-0.4, -0.2) is 6.29 Å². The summed E-state index contributed by atoms with van der Waals surface area (Å²) in [6, 6.07) is 0. The van der Waals surface area contributed by atoms with E-state index in [9.17, 15) is 0 Å². The van der Waals surface area contributed by atoms with E-state index in [2.05, 4.69) is 20.5 Å². The largest absolute Gasteiger partial charge is 0.303 e. The Morgan fingerprint density at radius 2 is 1.80 bits per heavy atom. The standard InChI is InChI=1S/CH6BrN3/c2-5-1(3)4/h1,5H,3-4H2. The third-order valence-corrected chi connectivity index (χ3v) is 0.655.